The fraction of sp³-hybridized carbons (Fsp3) is 0.355. The van der Waals surface area contributed by atoms with Crippen LogP contribution in [0.15, 0.2) is 84.9 Å². The Morgan fingerprint density at radius 2 is 1.50 bits per heavy atom. The zero-order chi connectivity index (χ0) is 24.7. The van der Waals surface area contributed by atoms with E-state index in [2.05, 4.69) is 40.5 Å². The number of para-hydroxylation sites is 1. The summed E-state index contributed by atoms with van der Waals surface area (Å²) in [4.78, 5) is 30.7. The molecule has 2 aliphatic heterocycles. The van der Waals surface area contributed by atoms with Gasteiger partial charge in [-0.2, -0.15) is 0 Å². The van der Waals surface area contributed by atoms with E-state index in [1.165, 1.54) is 24.8 Å². The SMILES string of the molecule is O=C(NCCCN1CCC(Cc2ccccc2)CC1)C1Cc2ccccc2N1C(=O)c1ccccc1. The van der Waals surface area contributed by atoms with Crippen LogP contribution in [0.3, 0.4) is 0 Å². The van der Waals surface area contributed by atoms with Crippen molar-refractivity contribution in [3.8, 4) is 0 Å². The number of carbonyl (C=O) groups excluding carboxylic acids is 2. The van der Waals surface area contributed by atoms with Crippen molar-refractivity contribution >= 4 is 17.5 Å². The standard InChI is InChI=1S/C31H35N3O2/c35-30(32-18-9-19-33-20-16-25(17-21-33)22-24-10-3-1-4-11-24)29-23-27-14-7-8-15-28(27)34(29)31(36)26-12-5-2-6-13-26/h1-8,10-15,25,29H,9,16-23H2,(H,32,35). The highest BCUT2D eigenvalue weighted by molar-refractivity contribution is 6.11. The molecule has 0 saturated carbocycles. The summed E-state index contributed by atoms with van der Waals surface area (Å²) in [6.45, 7) is 3.88. The van der Waals surface area contributed by atoms with Gasteiger partial charge in [0, 0.05) is 24.2 Å². The maximum atomic E-state index is 13.3. The number of hydrogen-bond acceptors (Lipinski definition) is 3. The summed E-state index contributed by atoms with van der Waals surface area (Å²) in [7, 11) is 0. The molecule has 36 heavy (non-hydrogen) atoms. The monoisotopic (exact) mass is 481 g/mol. The van der Waals surface area contributed by atoms with Gasteiger partial charge in [-0.15, -0.1) is 0 Å². The molecule has 3 aromatic rings. The van der Waals surface area contributed by atoms with Crippen LogP contribution in [0.2, 0.25) is 0 Å². The molecule has 2 heterocycles. The number of benzene rings is 3. The van der Waals surface area contributed by atoms with E-state index in [4.69, 9.17) is 0 Å². The van der Waals surface area contributed by atoms with Crippen LogP contribution in [0.4, 0.5) is 5.69 Å². The Balaban J connectivity index is 1.10. The van der Waals surface area contributed by atoms with Crippen LogP contribution in [0.5, 0.6) is 0 Å². The summed E-state index contributed by atoms with van der Waals surface area (Å²) in [5.41, 5.74) is 3.92. The Bertz CT molecular complexity index is 1160. The lowest BCUT2D eigenvalue weighted by molar-refractivity contribution is -0.122. The summed E-state index contributed by atoms with van der Waals surface area (Å²) in [6.07, 6.45) is 5.11. The third-order valence-corrected chi connectivity index (χ3v) is 7.54. The van der Waals surface area contributed by atoms with Gasteiger partial charge < -0.3 is 10.2 Å². The molecule has 0 spiro atoms. The summed E-state index contributed by atoms with van der Waals surface area (Å²) >= 11 is 0. The van der Waals surface area contributed by atoms with Gasteiger partial charge in [-0.25, -0.2) is 0 Å². The van der Waals surface area contributed by atoms with E-state index in [0.29, 0.717) is 18.5 Å². The van der Waals surface area contributed by atoms with Crippen LogP contribution < -0.4 is 10.2 Å². The maximum Gasteiger partial charge on any atom is 0.259 e. The van der Waals surface area contributed by atoms with Gasteiger partial charge in [0.15, 0.2) is 0 Å². The van der Waals surface area contributed by atoms with Gasteiger partial charge >= 0.3 is 0 Å². The second kappa shape index (κ2) is 11.5. The average Bonchev–Trinajstić information content (AvgIpc) is 3.32. The quantitative estimate of drug-likeness (QED) is 0.474. The van der Waals surface area contributed by atoms with Gasteiger partial charge in [0.05, 0.1) is 0 Å². The van der Waals surface area contributed by atoms with Crippen molar-refractivity contribution < 1.29 is 9.59 Å². The minimum Gasteiger partial charge on any atom is -0.354 e. The zero-order valence-corrected chi connectivity index (χ0v) is 20.8. The number of piperidine rings is 1. The van der Waals surface area contributed by atoms with Crippen LogP contribution in [0.25, 0.3) is 0 Å². The van der Waals surface area contributed by atoms with Crippen LogP contribution in [0, 0.1) is 5.92 Å². The minimum absolute atomic E-state index is 0.0722. The molecule has 0 aromatic heterocycles. The number of anilines is 1. The average molecular weight is 482 g/mol. The molecule has 0 aliphatic carbocycles. The molecule has 1 saturated heterocycles. The van der Waals surface area contributed by atoms with Gasteiger partial charge in [-0.05, 0) is 80.6 Å². The topological polar surface area (TPSA) is 52.7 Å². The molecule has 1 N–H and O–H groups in total. The van der Waals surface area contributed by atoms with E-state index < -0.39 is 6.04 Å². The largest absolute Gasteiger partial charge is 0.354 e. The number of rotatable bonds is 8. The molecule has 2 aliphatic rings. The highest BCUT2D eigenvalue weighted by Crippen LogP contribution is 2.33. The molecule has 1 atom stereocenters. The number of likely N-dealkylation sites (tertiary alicyclic amines) is 1. The van der Waals surface area contributed by atoms with Crippen molar-refractivity contribution in [2.75, 3.05) is 31.1 Å². The third kappa shape index (κ3) is 5.68. The highest BCUT2D eigenvalue weighted by atomic mass is 16.2. The zero-order valence-electron chi connectivity index (χ0n) is 20.8. The maximum absolute atomic E-state index is 13.3. The number of carbonyl (C=O) groups is 2. The Labute approximate surface area is 214 Å². The molecular formula is C31H35N3O2. The molecule has 5 heteroatoms. The summed E-state index contributed by atoms with van der Waals surface area (Å²) in [5.74, 6) is 0.566. The highest BCUT2D eigenvalue weighted by Gasteiger charge is 2.38. The Hall–Kier alpha value is -3.44. The van der Waals surface area contributed by atoms with Crippen LogP contribution in [0.1, 0.15) is 40.7 Å². The number of amides is 2. The van der Waals surface area contributed by atoms with E-state index in [-0.39, 0.29) is 11.8 Å². The number of fused-ring (bicyclic) bond motifs is 1. The summed E-state index contributed by atoms with van der Waals surface area (Å²) < 4.78 is 0. The van der Waals surface area contributed by atoms with Gasteiger partial charge in [-0.3, -0.25) is 14.5 Å². The van der Waals surface area contributed by atoms with E-state index >= 15 is 0 Å². The Morgan fingerprint density at radius 1 is 0.833 bits per heavy atom. The van der Waals surface area contributed by atoms with E-state index in [1.54, 1.807) is 17.0 Å². The van der Waals surface area contributed by atoms with Crippen molar-refractivity contribution in [3.05, 3.63) is 102 Å². The van der Waals surface area contributed by atoms with Crippen LogP contribution >= 0.6 is 0 Å². The smallest absolute Gasteiger partial charge is 0.259 e. The molecular weight excluding hydrogens is 446 g/mol. The molecule has 1 fully saturated rings. The predicted molar refractivity (Wildman–Crippen MR) is 144 cm³/mol. The first-order valence-corrected chi connectivity index (χ1v) is 13.2. The number of nitrogens with zero attached hydrogens (tertiary/aromatic N) is 2. The fourth-order valence-electron chi connectivity index (χ4n) is 5.56. The molecule has 5 nitrogen and oxygen atoms in total. The van der Waals surface area contributed by atoms with Gasteiger partial charge in [0.25, 0.3) is 5.91 Å². The molecule has 0 radical (unpaired) electrons. The second-order valence-electron chi connectivity index (χ2n) is 10.0. The minimum atomic E-state index is -0.510. The lowest BCUT2D eigenvalue weighted by Gasteiger charge is -2.32. The third-order valence-electron chi connectivity index (χ3n) is 7.54. The summed E-state index contributed by atoms with van der Waals surface area (Å²) in [5, 5.41) is 3.12. The fourth-order valence-corrected chi connectivity index (χ4v) is 5.56. The Morgan fingerprint density at radius 3 is 2.25 bits per heavy atom. The lowest BCUT2D eigenvalue weighted by atomic mass is 9.90. The Kier molecular flexibility index (Phi) is 7.77. The second-order valence-corrected chi connectivity index (χ2v) is 10.0. The first kappa shape index (κ1) is 24.3. The lowest BCUT2D eigenvalue weighted by Crippen LogP contribution is -2.48. The van der Waals surface area contributed by atoms with Crippen LogP contribution in [-0.2, 0) is 17.6 Å². The first-order chi connectivity index (χ1) is 17.7. The van der Waals surface area contributed by atoms with Crippen molar-refractivity contribution in [1.29, 1.82) is 0 Å². The molecule has 5 rings (SSSR count). The first-order valence-electron chi connectivity index (χ1n) is 13.2. The molecule has 3 aromatic carbocycles. The normalized spacial score (nSPS) is 18.1. The van der Waals surface area contributed by atoms with Crippen molar-refractivity contribution in [2.45, 2.75) is 38.1 Å². The van der Waals surface area contributed by atoms with Gasteiger partial charge in [0.1, 0.15) is 6.04 Å². The summed E-state index contributed by atoms with van der Waals surface area (Å²) in [6, 6.07) is 27.3. The number of hydrogen-bond donors (Lipinski definition) is 1. The molecule has 0 bridgehead atoms. The van der Waals surface area contributed by atoms with Gasteiger partial charge in [0.2, 0.25) is 5.91 Å². The van der Waals surface area contributed by atoms with E-state index in [1.807, 2.05) is 42.5 Å². The molecule has 186 valence electrons. The number of nitrogens with one attached hydrogen (secondary N) is 1. The van der Waals surface area contributed by atoms with Crippen LogP contribution in [-0.4, -0.2) is 48.9 Å². The van der Waals surface area contributed by atoms with Gasteiger partial charge in [-0.1, -0.05) is 66.7 Å². The van der Waals surface area contributed by atoms with Crippen molar-refractivity contribution in [2.24, 2.45) is 5.92 Å². The van der Waals surface area contributed by atoms with Crippen molar-refractivity contribution in [3.63, 3.8) is 0 Å². The van der Waals surface area contributed by atoms with E-state index in [9.17, 15) is 9.59 Å². The molecule has 2 amide bonds. The van der Waals surface area contributed by atoms with E-state index in [0.717, 1.165) is 43.2 Å². The predicted octanol–water partition coefficient (Wildman–Crippen LogP) is 4.72. The molecule has 1 unspecified atom stereocenters. The van der Waals surface area contributed by atoms with Crippen molar-refractivity contribution in [1.82, 2.24) is 10.2 Å².